The second kappa shape index (κ2) is 13.0. The van der Waals surface area contributed by atoms with E-state index in [-0.39, 0.29) is 36.4 Å². The van der Waals surface area contributed by atoms with Crippen LogP contribution in [0.4, 0.5) is 17.1 Å². The van der Waals surface area contributed by atoms with Crippen molar-refractivity contribution in [3.05, 3.63) is 71.3 Å². The van der Waals surface area contributed by atoms with Gasteiger partial charge in [0.15, 0.2) is 11.1 Å². The number of anilines is 3. The first-order chi connectivity index (χ1) is 17.7. The van der Waals surface area contributed by atoms with Crippen LogP contribution in [0.3, 0.4) is 0 Å². The minimum atomic E-state index is -2.13. The number of nitrogen functional groups attached to an aromatic ring is 2. The summed E-state index contributed by atoms with van der Waals surface area (Å²) < 4.78 is 37.3. The molecule has 0 fully saturated rings. The fraction of sp³-hybridized carbons (Fsp3) is 0.296. The molecule has 2 atom stereocenters. The summed E-state index contributed by atoms with van der Waals surface area (Å²) in [5, 5.41) is 3.35. The Morgan fingerprint density at radius 2 is 1.84 bits per heavy atom. The molecule has 9 nitrogen and oxygen atoms in total. The number of hydrogen-bond donors (Lipinski definition) is 4. The SMILES string of the molecule is CCOC(=O)CC(c1ccc(C)c(NCCOc2ccccc2S(=O)O)c1)c1cc(N)c(N)c(OC)c1. The van der Waals surface area contributed by atoms with Crippen LogP contribution in [0.15, 0.2) is 59.5 Å². The number of hydrogen-bond acceptors (Lipinski definition) is 8. The second-order valence-corrected chi connectivity index (χ2v) is 9.27. The van der Waals surface area contributed by atoms with Crippen LogP contribution in [0, 0.1) is 6.92 Å². The van der Waals surface area contributed by atoms with Gasteiger partial charge in [0.25, 0.3) is 0 Å². The van der Waals surface area contributed by atoms with Crippen LogP contribution in [0.2, 0.25) is 0 Å². The minimum Gasteiger partial charge on any atom is -0.495 e. The van der Waals surface area contributed by atoms with Gasteiger partial charge in [-0.2, -0.15) is 0 Å². The second-order valence-electron chi connectivity index (χ2n) is 8.33. The third-order valence-corrected chi connectivity index (χ3v) is 6.58. The van der Waals surface area contributed by atoms with E-state index >= 15 is 0 Å². The van der Waals surface area contributed by atoms with E-state index in [2.05, 4.69) is 5.32 Å². The molecule has 198 valence electrons. The lowest BCUT2D eigenvalue weighted by atomic mass is 9.87. The van der Waals surface area contributed by atoms with Crippen LogP contribution in [0.25, 0.3) is 0 Å². The van der Waals surface area contributed by atoms with Crippen molar-refractivity contribution in [3.63, 3.8) is 0 Å². The highest BCUT2D eigenvalue weighted by molar-refractivity contribution is 7.79. The first-order valence-electron chi connectivity index (χ1n) is 11.8. The summed E-state index contributed by atoms with van der Waals surface area (Å²) in [6.07, 6.45) is 0.112. The molecule has 3 aromatic carbocycles. The fourth-order valence-corrected chi connectivity index (χ4v) is 4.46. The van der Waals surface area contributed by atoms with Gasteiger partial charge < -0.3 is 35.5 Å². The number of nitrogens with one attached hydrogen (secondary N) is 1. The van der Waals surface area contributed by atoms with Crippen LogP contribution in [-0.4, -0.2) is 41.6 Å². The quantitative estimate of drug-likeness (QED) is 0.117. The lowest BCUT2D eigenvalue weighted by Gasteiger charge is -2.21. The maximum absolute atomic E-state index is 12.5. The molecule has 0 aliphatic carbocycles. The Kier molecular flexibility index (Phi) is 9.76. The van der Waals surface area contributed by atoms with Crippen molar-refractivity contribution in [3.8, 4) is 11.5 Å². The lowest BCUT2D eigenvalue weighted by molar-refractivity contribution is -0.143. The van der Waals surface area contributed by atoms with Crippen molar-refractivity contribution in [2.45, 2.75) is 31.1 Å². The standard InChI is InChI=1S/C27H33N3O6S/c1-4-35-26(31)16-20(19-13-21(28)27(29)24(15-19)34-3)18-10-9-17(2)22(14-18)30-11-12-36-23-7-5-6-8-25(23)37(32)33/h5-10,13-15,20,30H,4,11-12,16,28-29H2,1-3H3,(H,32,33). The fourth-order valence-electron chi connectivity index (χ4n) is 3.96. The van der Waals surface area contributed by atoms with Crippen LogP contribution in [0.1, 0.15) is 36.0 Å². The number of methoxy groups -OCH3 is 1. The first-order valence-corrected chi connectivity index (χ1v) is 12.9. The van der Waals surface area contributed by atoms with Crippen LogP contribution in [0.5, 0.6) is 11.5 Å². The van der Waals surface area contributed by atoms with Gasteiger partial charge in [0, 0.05) is 18.2 Å². The summed E-state index contributed by atoms with van der Waals surface area (Å²) in [6.45, 7) is 4.75. The molecule has 0 saturated heterocycles. The molecule has 3 aromatic rings. The van der Waals surface area contributed by atoms with Gasteiger partial charge in [-0.05, 0) is 60.9 Å². The van der Waals surface area contributed by atoms with Gasteiger partial charge in [-0.25, -0.2) is 4.21 Å². The van der Waals surface area contributed by atoms with E-state index in [1.54, 1.807) is 43.3 Å². The molecule has 0 aromatic heterocycles. The summed E-state index contributed by atoms with van der Waals surface area (Å²) in [5.41, 5.74) is 16.4. The number of rotatable bonds is 12. The average molecular weight is 528 g/mol. The predicted octanol–water partition coefficient (Wildman–Crippen LogP) is 4.32. The van der Waals surface area contributed by atoms with Gasteiger partial charge >= 0.3 is 5.97 Å². The van der Waals surface area contributed by atoms with Gasteiger partial charge in [0.1, 0.15) is 23.0 Å². The van der Waals surface area contributed by atoms with Crippen molar-refractivity contribution < 1.29 is 27.8 Å². The molecular formula is C27H33N3O6S. The van der Waals surface area contributed by atoms with E-state index in [0.29, 0.717) is 29.4 Å². The van der Waals surface area contributed by atoms with E-state index in [4.69, 9.17) is 25.7 Å². The van der Waals surface area contributed by atoms with Crippen LogP contribution >= 0.6 is 0 Å². The number of carbonyl (C=O) groups is 1. The topological polar surface area (TPSA) is 146 Å². The summed E-state index contributed by atoms with van der Waals surface area (Å²) in [4.78, 5) is 12.7. The molecule has 10 heteroatoms. The highest BCUT2D eigenvalue weighted by atomic mass is 32.2. The molecule has 0 amide bonds. The molecular weight excluding hydrogens is 494 g/mol. The zero-order chi connectivity index (χ0) is 26.9. The smallest absolute Gasteiger partial charge is 0.306 e. The van der Waals surface area contributed by atoms with E-state index in [9.17, 15) is 13.6 Å². The first kappa shape index (κ1) is 27.8. The summed E-state index contributed by atoms with van der Waals surface area (Å²) in [5.74, 6) is 0.125. The zero-order valence-electron chi connectivity index (χ0n) is 21.2. The van der Waals surface area contributed by atoms with E-state index in [0.717, 1.165) is 22.4 Å². The molecule has 0 aliphatic heterocycles. The number of benzene rings is 3. The normalized spacial score (nSPS) is 12.4. The summed E-state index contributed by atoms with van der Waals surface area (Å²) >= 11 is -2.13. The maximum atomic E-state index is 12.5. The molecule has 0 spiro atoms. The average Bonchev–Trinajstić information content (AvgIpc) is 2.88. The third kappa shape index (κ3) is 7.14. The van der Waals surface area contributed by atoms with E-state index in [1.807, 2.05) is 25.1 Å². The molecule has 0 bridgehead atoms. The molecule has 37 heavy (non-hydrogen) atoms. The van der Waals surface area contributed by atoms with Gasteiger partial charge in [0.2, 0.25) is 0 Å². The van der Waals surface area contributed by atoms with E-state index < -0.39 is 11.1 Å². The molecule has 3 rings (SSSR count). The Bertz CT molecular complexity index is 1270. The Hall–Kier alpha value is -3.76. The van der Waals surface area contributed by atoms with Crippen molar-refractivity contribution in [1.29, 1.82) is 0 Å². The van der Waals surface area contributed by atoms with Crippen molar-refractivity contribution in [2.24, 2.45) is 0 Å². The van der Waals surface area contributed by atoms with Crippen molar-refractivity contribution in [2.75, 3.05) is 43.7 Å². The third-order valence-electron chi connectivity index (χ3n) is 5.87. The Morgan fingerprint density at radius 3 is 2.54 bits per heavy atom. The van der Waals surface area contributed by atoms with Gasteiger partial charge in [-0.3, -0.25) is 4.79 Å². The predicted molar refractivity (Wildman–Crippen MR) is 146 cm³/mol. The van der Waals surface area contributed by atoms with Crippen molar-refractivity contribution >= 4 is 34.1 Å². The Labute approximate surface area is 219 Å². The lowest BCUT2D eigenvalue weighted by Crippen LogP contribution is -2.15. The van der Waals surface area contributed by atoms with Crippen LogP contribution in [-0.2, 0) is 20.6 Å². The minimum absolute atomic E-state index is 0.112. The monoisotopic (exact) mass is 527 g/mol. The van der Waals surface area contributed by atoms with Gasteiger partial charge in [-0.15, -0.1) is 0 Å². The van der Waals surface area contributed by atoms with Gasteiger partial charge in [-0.1, -0.05) is 24.3 Å². The number of ether oxygens (including phenoxy) is 3. The molecule has 0 saturated carbocycles. The molecule has 6 N–H and O–H groups in total. The highest BCUT2D eigenvalue weighted by Crippen LogP contribution is 2.37. The summed E-state index contributed by atoms with van der Waals surface area (Å²) in [7, 11) is 1.52. The maximum Gasteiger partial charge on any atom is 0.306 e. The molecule has 0 aliphatic rings. The summed E-state index contributed by atoms with van der Waals surface area (Å²) in [6, 6.07) is 16.1. The molecule has 0 heterocycles. The number of carbonyl (C=O) groups excluding carboxylic acids is 1. The van der Waals surface area contributed by atoms with Crippen molar-refractivity contribution in [1.82, 2.24) is 0 Å². The largest absolute Gasteiger partial charge is 0.495 e. The Morgan fingerprint density at radius 1 is 1.08 bits per heavy atom. The number of esters is 1. The highest BCUT2D eigenvalue weighted by Gasteiger charge is 2.22. The number of para-hydroxylation sites is 1. The molecule has 0 radical (unpaired) electrons. The zero-order valence-corrected chi connectivity index (χ0v) is 22.0. The number of nitrogens with two attached hydrogens (primary N) is 2. The molecule has 2 unspecified atom stereocenters. The van der Waals surface area contributed by atoms with Crippen LogP contribution < -0.4 is 26.3 Å². The Balaban J connectivity index is 1.83. The van der Waals surface area contributed by atoms with E-state index in [1.165, 1.54) is 7.11 Å². The van der Waals surface area contributed by atoms with Gasteiger partial charge in [0.05, 0.1) is 31.5 Å². The number of aryl methyl sites for hydroxylation is 1.